The topological polar surface area (TPSA) is 49.7 Å². The quantitative estimate of drug-likeness (QED) is 0.798. The molecule has 0 atom stereocenters. The average molecular weight is 210 g/mol. The van der Waals surface area contributed by atoms with Crippen LogP contribution >= 0.6 is 0 Å². The smallest absolute Gasteiger partial charge is 0.163 e. The number of hydrogen-bond acceptors (Lipinski definition) is 3. The van der Waals surface area contributed by atoms with Crippen LogP contribution in [0.25, 0.3) is 0 Å². The van der Waals surface area contributed by atoms with E-state index in [-0.39, 0.29) is 12.4 Å². The van der Waals surface area contributed by atoms with Gasteiger partial charge in [-0.15, -0.1) is 0 Å². The summed E-state index contributed by atoms with van der Waals surface area (Å²) in [6, 6.07) is 2.00. The molecule has 1 rings (SSSR count). The van der Waals surface area contributed by atoms with Gasteiger partial charge in [0.2, 0.25) is 0 Å². The highest BCUT2D eigenvalue weighted by Gasteiger charge is 2.13. The van der Waals surface area contributed by atoms with Gasteiger partial charge in [-0.05, 0) is 43.4 Å². The minimum absolute atomic E-state index is 0.150. The van der Waals surface area contributed by atoms with Gasteiger partial charge in [-0.2, -0.15) is 0 Å². The molecule has 84 valence electrons. The molecule has 0 aliphatic carbocycles. The number of ether oxygens (including phenoxy) is 1. The van der Waals surface area contributed by atoms with Crippen molar-refractivity contribution in [1.82, 2.24) is 0 Å². The van der Waals surface area contributed by atoms with Gasteiger partial charge in [-0.3, -0.25) is 0 Å². The summed E-state index contributed by atoms with van der Waals surface area (Å²) in [7, 11) is 1.55. The van der Waals surface area contributed by atoms with E-state index in [1.807, 2.05) is 19.9 Å². The molecule has 0 radical (unpaired) electrons. The molecule has 0 bridgehead atoms. The van der Waals surface area contributed by atoms with Crippen molar-refractivity contribution in [1.29, 1.82) is 0 Å². The number of phenols is 1. The van der Waals surface area contributed by atoms with Crippen LogP contribution in [0.15, 0.2) is 6.07 Å². The van der Waals surface area contributed by atoms with Gasteiger partial charge in [0.1, 0.15) is 0 Å². The van der Waals surface area contributed by atoms with Crippen LogP contribution in [0.3, 0.4) is 0 Å². The van der Waals surface area contributed by atoms with Crippen molar-refractivity contribution < 1.29 is 14.9 Å². The maximum Gasteiger partial charge on any atom is 0.163 e. The Balaban J connectivity index is 3.13. The maximum atomic E-state index is 9.87. The molecule has 0 heterocycles. The lowest BCUT2D eigenvalue weighted by Crippen LogP contribution is -1.98. The first kappa shape index (κ1) is 11.9. The van der Waals surface area contributed by atoms with Gasteiger partial charge < -0.3 is 14.9 Å². The number of hydrogen-bond donors (Lipinski definition) is 2. The Labute approximate surface area is 90.3 Å². The third-order valence-corrected chi connectivity index (χ3v) is 2.65. The van der Waals surface area contributed by atoms with Crippen molar-refractivity contribution in [3.63, 3.8) is 0 Å². The molecule has 1 aromatic carbocycles. The number of aromatic hydroxyl groups is 1. The first-order valence-corrected chi connectivity index (χ1v) is 5.08. The number of phenolic OH excluding ortho intramolecular Hbond substituents is 1. The van der Waals surface area contributed by atoms with E-state index in [2.05, 4.69) is 0 Å². The molecular weight excluding hydrogens is 192 g/mol. The van der Waals surface area contributed by atoms with Crippen molar-refractivity contribution in [3.8, 4) is 11.5 Å². The molecule has 3 heteroatoms. The Bertz CT molecular complexity index is 345. The van der Waals surface area contributed by atoms with E-state index in [0.717, 1.165) is 16.7 Å². The van der Waals surface area contributed by atoms with Crippen molar-refractivity contribution >= 4 is 0 Å². The van der Waals surface area contributed by atoms with Crippen LogP contribution in [0.2, 0.25) is 0 Å². The lowest BCUT2D eigenvalue weighted by molar-refractivity contribution is 0.287. The maximum absolute atomic E-state index is 9.87. The molecule has 3 nitrogen and oxygen atoms in total. The third-order valence-electron chi connectivity index (χ3n) is 2.65. The number of methoxy groups -OCH3 is 1. The van der Waals surface area contributed by atoms with Crippen molar-refractivity contribution in [2.75, 3.05) is 13.7 Å². The molecule has 0 unspecified atom stereocenters. The summed E-state index contributed by atoms with van der Waals surface area (Å²) < 4.78 is 5.18. The largest absolute Gasteiger partial charge is 0.504 e. The highest BCUT2D eigenvalue weighted by Crippen LogP contribution is 2.35. The summed E-state index contributed by atoms with van der Waals surface area (Å²) in [5.74, 6) is 0.747. The van der Waals surface area contributed by atoms with E-state index < -0.39 is 0 Å². The van der Waals surface area contributed by atoms with Gasteiger partial charge in [0, 0.05) is 6.61 Å². The minimum atomic E-state index is 0.150. The van der Waals surface area contributed by atoms with Crippen molar-refractivity contribution in [2.45, 2.75) is 26.7 Å². The fourth-order valence-corrected chi connectivity index (χ4v) is 1.63. The second kappa shape index (κ2) is 5.03. The molecule has 0 amide bonds. The zero-order valence-corrected chi connectivity index (χ0v) is 9.50. The van der Waals surface area contributed by atoms with E-state index in [4.69, 9.17) is 9.84 Å². The Kier molecular flexibility index (Phi) is 3.97. The fraction of sp³-hybridized carbons (Fsp3) is 0.500. The van der Waals surface area contributed by atoms with E-state index in [1.54, 1.807) is 7.11 Å². The van der Waals surface area contributed by atoms with Crippen LogP contribution < -0.4 is 4.74 Å². The van der Waals surface area contributed by atoms with Crippen molar-refractivity contribution in [2.24, 2.45) is 0 Å². The second-order valence-corrected chi connectivity index (χ2v) is 3.69. The molecule has 0 aliphatic rings. The van der Waals surface area contributed by atoms with Crippen LogP contribution in [0.4, 0.5) is 0 Å². The molecule has 0 spiro atoms. The van der Waals surface area contributed by atoms with Crippen LogP contribution in [-0.4, -0.2) is 23.9 Å². The lowest BCUT2D eigenvalue weighted by atomic mass is 10.0. The monoisotopic (exact) mass is 210 g/mol. The van der Waals surface area contributed by atoms with Crippen LogP contribution in [0, 0.1) is 13.8 Å². The Morgan fingerprint density at radius 1 is 1.33 bits per heavy atom. The Morgan fingerprint density at radius 3 is 2.53 bits per heavy atom. The number of rotatable bonds is 4. The normalized spacial score (nSPS) is 10.4. The number of aliphatic hydroxyl groups is 1. The van der Waals surface area contributed by atoms with Gasteiger partial charge >= 0.3 is 0 Å². The first-order valence-electron chi connectivity index (χ1n) is 5.08. The van der Waals surface area contributed by atoms with E-state index in [1.165, 1.54) is 0 Å². The van der Waals surface area contributed by atoms with Crippen molar-refractivity contribution in [3.05, 3.63) is 22.8 Å². The van der Waals surface area contributed by atoms with E-state index >= 15 is 0 Å². The number of benzene rings is 1. The summed E-state index contributed by atoms with van der Waals surface area (Å²) in [6.45, 7) is 3.97. The van der Waals surface area contributed by atoms with Gasteiger partial charge in [0.25, 0.3) is 0 Å². The van der Waals surface area contributed by atoms with Gasteiger partial charge in [0.05, 0.1) is 7.11 Å². The highest BCUT2D eigenvalue weighted by atomic mass is 16.5. The van der Waals surface area contributed by atoms with Crippen LogP contribution in [0.1, 0.15) is 23.1 Å². The second-order valence-electron chi connectivity index (χ2n) is 3.69. The van der Waals surface area contributed by atoms with E-state index in [9.17, 15) is 5.11 Å². The molecule has 0 fully saturated rings. The highest BCUT2D eigenvalue weighted by molar-refractivity contribution is 5.53. The molecule has 15 heavy (non-hydrogen) atoms. The van der Waals surface area contributed by atoms with Gasteiger partial charge in [-0.25, -0.2) is 0 Å². The standard InChI is InChI=1S/C12H18O3/c1-8-7-10(5-4-6-13)12(15-3)11(14)9(8)2/h7,13-14H,4-6H2,1-3H3. The predicted octanol–water partition coefficient (Wildman–Crippen LogP) is 1.94. The minimum Gasteiger partial charge on any atom is -0.504 e. The summed E-state index contributed by atoms with van der Waals surface area (Å²) >= 11 is 0. The average Bonchev–Trinajstić information content (AvgIpc) is 2.23. The first-order chi connectivity index (χ1) is 7.11. The SMILES string of the molecule is COc1c(CCCO)cc(C)c(C)c1O. The number of aliphatic hydroxyl groups excluding tert-OH is 1. The zero-order chi connectivity index (χ0) is 11.4. The lowest BCUT2D eigenvalue weighted by Gasteiger charge is -2.14. The summed E-state index contributed by atoms with van der Waals surface area (Å²) in [5, 5.41) is 18.7. The molecule has 0 aliphatic heterocycles. The zero-order valence-electron chi connectivity index (χ0n) is 9.50. The van der Waals surface area contributed by atoms with Crippen LogP contribution in [0.5, 0.6) is 11.5 Å². The fourth-order valence-electron chi connectivity index (χ4n) is 1.63. The molecular formula is C12H18O3. The summed E-state index contributed by atoms with van der Waals surface area (Å²) in [6.07, 6.45) is 1.40. The Morgan fingerprint density at radius 2 is 2.00 bits per heavy atom. The molecule has 1 aromatic rings. The molecule has 0 saturated heterocycles. The van der Waals surface area contributed by atoms with Crippen LogP contribution in [-0.2, 0) is 6.42 Å². The summed E-state index contributed by atoms with van der Waals surface area (Å²) in [4.78, 5) is 0. The molecule has 0 saturated carbocycles. The third kappa shape index (κ3) is 2.42. The van der Waals surface area contributed by atoms with Gasteiger partial charge in [-0.1, -0.05) is 6.07 Å². The predicted molar refractivity (Wildman–Crippen MR) is 59.5 cm³/mol. The van der Waals surface area contributed by atoms with E-state index in [0.29, 0.717) is 18.6 Å². The Hall–Kier alpha value is -1.22. The van der Waals surface area contributed by atoms with Gasteiger partial charge in [0.15, 0.2) is 11.5 Å². The molecule has 0 aromatic heterocycles. The summed E-state index contributed by atoms with van der Waals surface area (Å²) in [5.41, 5.74) is 2.84. The molecule has 2 N–H and O–H groups in total. The number of aryl methyl sites for hydroxylation is 2.